The normalized spacial score (nSPS) is 11.7. The van der Waals surface area contributed by atoms with Crippen LogP contribution in [0.3, 0.4) is 0 Å². The van der Waals surface area contributed by atoms with Crippen molar-refractivity contribution in [2.75, 3.05) is 33.4 Å². The maximum atomic E-state index is 13.5. The number of amides is 3. The minimum atomic E-state index is -0.791. The Bertz CT molecular complexity index is 1030. The topological polar surface area (TPSA) is 115 Å². The summed E-state index contributed by atoms with van der Waals surface area (Å²) in [7, 11) is 1.58. The smallest absolute Gasteiger partial charge is 0.407 e. The first-order chi connectivity index (χ1) is 19.3. The Morgan fingerprint density at radius 1 is 0.875 bits per heavy atom. The van der Waals surface area contributed by atoms with Crippen molar-refractivity contribution < 1.29 is 33.3 Å². The van der Waals surface area contributed by atoms with Gasteiger partial charge in [0.25, 0.3) is 0 Å². The fraction of sp³-hybridized carbons (Fsp3) is 0.500. The van der Waals surface area contributed by atoms with E-state index in [0.29, 0.717) is 25.4 Å². The van der Waals surface area contributed by atoms with Gasteiger partial charge in [0.2, 0.25) is 11.8 Å². The molecule has 10 nitrogen and oxygen atoms in total. The average Bonchev–Trinajstić information content (AvgIpc) is 2.96. The van der Waals surface area contributed by atoms with E-state index in [1.165, 1.54) is 4.90 Å². The van der Waals surface area contributed by atoms with Crippen LogP contribution in [0.4, 0.5) is 4.79 Å². The van der Waals surface area contributed by atoms with E-state index in [4.69, 9.17) is 18.9 Å². The largest absolute Gasteiger partial charge is 0.497 e. The first-order valence-corrected chi connectivity index (χ1v) is 13.6. The van der Waals surface area contributed by atoms with Crippen LogP contribution in [0.25, 0.3) is 0 Å². The van der Waals surface area contributed by atoms with Crippen molar-refractivity contribution in [3.8, 4) is 5.75 Å². The Labute approximate surface area is 237 Å². The van der Waals surface area contributed by atoms with E-state index in [1.807, 2.05) is 70.2 Å². The lowest BCUT2D eigenvalue weighted by Gasteiger charge is -2.33. The Kier molecular flexibility index (Phi) is 14.5. The number of rotatable bonds is 17. The van der Waals surface area contributed by atoms with Gasteiger partial charge in [-0.05, 0) is 49.4 Å². The molecule has 0 heterocycles. The van der Waals surface area contributed by atoms with Gasteiger partial charge in [0.15, 0.2) is 6.29 Å². The van der Waals surface area contributed by atoms with Crippen LogP contribution in [-0.4, -0.2) is 68.6 Å². The molecule has 0 saturated carbocycles. The van der Waals surface area contributed by atoms with Gasteiger partial charge in [-0.15, -0.1) is 0 Å². The predicted octanol–water partition coefficient (Wildman–Crippen LogP) is 3.88. The molecule has 2 N–H and O–H groups in total. The number of alkyl carbamates (subject to hydrolysis) is 1. The van der Waals surface area contributed by atoms with Crippen LogP contribution in [0.5, 0.6) is 5.75 Å². The molecule has 220 valence electrons. The Morgan fingerprint density at radius 3 is 2.10 bits per heavy atom. The van der Waals surface area contributed by atoms with E-state index in [1.54, 1.807) is 19.2 Å². The molecule has 40 heavy (non-hydrogen) atoms. The maximum absolute atomic E-state index is 13.5. The molecule has 0 unspecified atom stereocenters. The van der Waals surface area contributed by atoms with E-state index >= 15 is 0 Å². The number of carbonyl (C=O) groups excluding carboxylic acids is 3. The first-order valence-electron chi connectivity index (χ1n) is 13.6. The minimum Gasteiger partial charge on any atom is -0.497 e. The standard InChI is InChI=1S/C30H43N3O7/c1-6-38-28(39-7-2)19-31-29(35)26(17-22(3)4)33(20-23-13-15-25(37-5)16-14-23)27(34)18-32-30(36)40-21-24-11-9-8-10-12-24/h8-16,22,26,28H,6-7,17-21H2,1-5H3,(H,31,35)(H,32,36)/t26-/m0/s1. The summed E-state index contributed by atoms with van der Waals surface area (Å²) in [6, 6.07) is 15.7. The van der Waals surface area contributed by atoms with E-state index in [0.717, 1.165) is 11.1 Å². The lowest BCUT2D eigenvalue weighted by molar-refractivity contribution is -0.147. The van der Waals surface area contributed by atoms with Crippen LogP contribution in [0.2, 0.25) is 0 Å². The molecule has 2 aromatic carbocycles. The van der Waals surface area contributed by atoms with Gasteiger partial charge >= 0.3 is 6.09 Å². The van der Waals surface area contributed by atoms with Crippen LogP contribution in [0.15, 0.2) is 54.6 Å². The summed E-state index contributed by atoms with van der Waals surface area (Å²) in [6.45, 7) is 8.59. The highest BCUT2D eigenvalue weighted by Gasteiger charge is 2.31. The highest BCUT2D eigenvalue weighted by Crippen LogP contribution is 2.19. The summed E-state index contributed by atoms with van der Waals surface area (Å²) < 4.78 is 21.6. The minimum absolute atomic E-state index is 0.0790. The number of nitrogens with zero attached hydrogens (tertiary/aromatic N) is 1. The van der Waals surface area contributed by atoms with Crippen molar-refractivity contribution in [2.45, 2.75) is 59.6 Å². The van der Waals surface area contributed by atoms with Crippen molar-refractivity contribution in [3.05, 3.63) is 65.7 Å². The average molecular weight is 558 g/mol. The summed E-state index contributed by atoms with van der Waals surface area (Å²) in [6.07, 6.45) is -0.895. The zero-order valence-electron chi connectivity index (χ0n) is 24.2. The van der Waals surface area contributed by atoms with Crippen molar-refractivity contribution in [1.29, 1.82) is 0 Å². The fourth-order valence-electron chi connectivity index (χ4n) is 3.99. The summed E-state index contributed by atoms with van der Waals surface area (Å²) in [5, 5.41) is 5.41. The monoisotopic (exact) mass is 557 g/mol. The van der Waals surface area contributed by atoms with Gasteiger partial charge in [-0.1, -0.05) is 56.3 Å². The quantitative estimate of drug-likeness (QED) is 0.284. The molecular formula is C30H43N3O7. The number of carbonyl (C=O) groups is 3. The Hall–Kier alpha value is -3.63. The second-order valence-corrected chi connectivity index (χ2v) is 9.52. The van der Waals surface area contributed by atoms with Crippen molar-refractivity contribution >= 4 is 17.9 Å². The van der Waals surface area contributed by atoms with Gasteiger partial charge in [0.1, 0.15) is 24.9 Å². The summed E-state index contributed by atoms with van der Waals surface area (Å²) in [5.74, 6) is 0.0465. The lowest BCUT2D eigenvalue weighted by atomic mass is 10.0. The zero-order valence-corrected chi connectivity index (χ0v) is 24.2. The highest BCUT2D eigenvalue weighted by molar-refractivity contribution is 5.89. The molecule has 1 atom stereocenters. The molecule has 0 aliphatic carbocycles. The number of hydrogen-bond acceptors (Lipinski definition) is 7. The first kappa shape index (κ1) is 32.6. The fourth-order valence-corrected chi connectivity index (χ4v) is 3.99. The second kappa shape index (κ2) is 17.9. The van der Waals surface area contributed by atoms with Gasteiger partial charge in [0, 0.05) is 19.8 Å². The third-order valence-electron chi connectivity index (χ3n) is 5.95. The van der Waals surface area contributed by atoms with Gasteiger partial charge < -0.3 is 34.5 Å². The number of nitrogens with one attached hydrogen (secondary N) is 2. The number of benzene rings is 2. The molecule has 0 aromatic heterocycles. The van der Waals surface area contributed by atoms with Gasteiger partial charge in [-0.3, -0.25) is 9.59 Å². The number of ether oxygens (including phenoxy) is 4. The molecule has 2 rings (SSSR count). The summed E-state index contributed by atoms with van der Waals surface area (Å²) >= 11 is 0. The second-order valence-electron chi connectivity index (χ2n) is 9.52. The molecular weight excluding hydrogens is 514 g/mol. The van der Waals surface area contributed by atoms with E-state index in [9.17, 15) is 14.4 Å². The molecule has 0 saturated heterocycles. The SMILES string of the molecule is CCOC(CNC(=O)[C@H](CC(C)C)N(Cc1ccc(OC)cc1)C(=O)CNC(=O)OCc1ccccc1)OCC. The molecule has 10 heteroatoms. The van der Waals surface area contributed by atoms with Crippen LogP contribution >= 0.6 is 0 Å². The van der Waals surface area contributed by atoms with Crippen molar-refractivity contribution in [1.82, 2.24) is 15.5 Å². The third kappa shape index (κ3) is 11.6. The predicted molar refractivity (Wildman–Crippen MR) is 151 cm³/mol. The van der Waals surface area contributed by atoms with Crippen LogP contribution in [0.1, 0.15) is 45.2 Å². The number of hydrogen-bond donors (Lipinski definition) is 2. The van der Waals surface area contributed by atoms with E-state index in [2.05, 4.69) is 10.6 Å². The lowest BCUT2D eigenvalue weighted by Crippen LogP contribution is -2.53. The third-order valence-corrected chi connectivity index (χ3v) is 5.95. The molecule has 0 radical (unpaired) electrons. The Balaban J connectivity index is 2.18. The van der Waals surface area contributed by atoms with E-state index < -0.39 is 24.3 Å². The van der Waals surface area contributed by atoms with Gasteiger partial charge in [-0.25, -0.2) is 4.79 Å². The molecule has 0 bridgehead atoms. The Morgan fingerprint density at radius 2 is 1.52 bits per heavy atom. The van der Waals surface area contributed by atoms with Gasteiger partial charge in [-0.2, -0.15) is 0 Å². The van der Waals surface area contributed by atoms with Crippen LogP contribution in [0, 0.1) is 5.92 Å². The zero-order chi connectivity index (χ0) is 29.3. The van der Waals surface area contributed by atoms with Gasteiger partial charge in [0.05, 0.1) is 13.7 Å². The molecule has 0 spiro atoms. The van der Waals surface area contributed by atoms with Crippen molar-refractivity contribution in [2.24, 2.45) is 5.92 Å². The van der Waals surface area contributed by atoms with Crippen molar-refractivity contribution in [3.63, 3.8) is 0 Å². The summed E-state index contributed by atoms with van der Waals surface area (Å²) in [4.78, 5) is 40.8. The molecule has 3 amide bonds. The molecule has 2 aromatic rings. The molecule has 0 aliphatic heterocycles. The highest BCUT2D eigenvalue weighted by atomic mass is 16.7. The summed E-state index contributed by atoms with van der Waals surface area (Å²) in [5.41, 5.74) is 1.64. The van der Waals surface area contributed by atoms with E-state index in [-0.39, 0.29) is 38.1 Å². The van der Waals surface area contributed by atoms with Crippen LogP contribution in [-0.2, 0) is 37.0 Å². The molecule has 0 fully saturated rings. The maximum Gasteiger partial charge on any atom is 0.407 e. The molecule has 0 aliphatic rings. The number of methoxy groups -OCH3 is 1. The van der Waals surface area contributed by atoms with Crippen LogP contribution < -0.4 is 15.4 Å².